The molecule has 0 unspecified atom stereocenters. The molecule has 3 heteroatoms. The minimum atomic E-state index is 0.0761. The van der Waals surface area contributed by atoms with Crippen LogP contribution in [-0.4, -0.2) is 19.0 Å². The summed E-state index contributed by atoms with van der Waals surface area (Å²) >= 11 is 0. The average molecular weight is 294 g/mol. The van der Waals surface area contributed by atoms with Crippen molar-refractivity contribution in [1.29, 1.82) is 0 Å². The van der Waals surface area contributed by atoms with Crippen LogP contribution in [0, 0.1) is 5.41 Å². The van der Waals surface area contributed by atoms with E-state index in [9.17, 15) is 4.79 Å². The maximum Gasteiger partial charge on any atom is 0.224 e. The van der Waals surface area contributed by atoms with E-state index in [0.29, 0.717) is 19.5 Å². The normalized spacial score (nSPS) is 15.3. The second kappa shape index (κ2) is 6.32. The number of hydrogen-bond acceptors (Lipinski definition) is 2. The Morgan fingerprint density at radius 1 is 1.00 bits per heavy atom. The Bertz CT molecular complexity index is 630. The second-order valence-corrected chi connectivity index (χ2v) is 6.22. The van der Waals surface area contributed by atoms with E-state index in [0.717, 1.165) is 18.4 Å². The van der Waals surface area contributed by atoms with Crippen LogP contribution in [0.25, 0.3) is 11.1 Å². The Labute approximate surface area is 131 Å². The highest BCUT2D eigenvalue weighted by Gasteiger charge is 2.41. The summed E-state index contributed by atoms with van der Waals surface area (Å²) < 4.78 is 0. The summed E-state index contributed by atoms with van der Waals surface area (Å²) in [5, 5.41) is 3.01. The molecule has 3 N–H and O–H groups in total. The van der Waals surface area contributed by atoms with Crippen molar-refractivity contribution in [2.24, 2.45) is 11.1 Å². The molecular weight excluding hydrogens is 272 g/mol. The SMILES string of the molecule is NCC1(CNC(=O)Cc2ccc(-c3ccccc3)cc2)CC1. The van der Waals surface area contributed by atoms with Gasteiger partial charge in [-0.05, 0) is 41.5 Å². The molecule has 1 saturated carbocycles. The van der Waals surface area contributed by atoms with Crippen LogP contribution in [0.15, 0.2) is 54.6 Å². The Kier molecular flexibility index (Phi) is 4.25. The van der Waals surface area contributed by atoms with Gasteiger partial charge in [0.1, 0.15) is 0 Å². The summed E-state index contributed by atoms with van der Waals surface area (Å²) in [6, 6.07) is 18.4. The van der Waals surface area contributed by atoms with Crippen molar-refractivity contribution in [2.75, 3.05) is 13.1 Å². The van der Waals surface area contributed by atoms with Crippen molar-refractivity contribution >= 4 is 5.91 Å². The van der Waals surface area contributed by atoms with Gasteiger partial charge >= 0.3 is 0 Å². The summed E-state index contributed by atoms with van der Waals surface area (Å²) in [7, 11) is 0. The predicted molar refractivity (Wildman–Crippen MR) is 89.3 cm³/mol. The standard InChI is InChI=1S/C19H22N2O/c20-13-19(10-11-19)14-21-18(22)12-15-6-8-17(9-7-15)16-4-2-1-3-5-16/h1-9H,10-14,20H2,(H,21,22). The van der Waals surface area contributed by atoms with Crippen molar-refractivity contribution in [3.05, 3.63) is 60.2 Å². The molecule has 1 fully saturated rings. The van der Waals surface area contributed by atoms with Crippen LogP contribution in [0.4, 0.5) is 0 Å². The first-order chi connectivity index (χ1) is 10.7. The summed E-state index contributed by atoms with van der Waals surface area (Å²) in [6.45, 7) is 1.38. The molecule has 22 heavy (non-hydrogen) atoms. The topological polar surface area (TPSA) is 55.1 Å². The van der Waals surface area contributed by atoms with E-state index in [-0.39, 0.29) is 11.3 Å². The maximum atomic E-state index is 12.0. The molecule has 0 radical (unpaired) electrons. The molecule has 1 aliphatic rings. The average Bonchev–Trinajstić information content (AvgIpc) is 3.35. The van der Waals surface area contributed by atoms with E-state index < -0.39 is 0 Å². The number of rotatable bonds is 6. The molecule has 0 atom stereocenters. The molecule has 0 spiro atoms. The van der Waals surface area contributed by atoms with E-state index in [2.05, 4.69) is 29.6 Å². The fourth-order valence-electron chi connectivity index (χ4n) is 2.61. The lowest BCUT2D eigenvalue weighted by Crippen LogP contribution is -2.34. The highest BCUT2D eigenvalue weighted by molar-refractivity contribution is 5.79. The fraction of sp³-hybridized carbons (Fsp3) is 0.316. The molecule has 0 bridgehead atoms. The van der Waals surface area contributed by atoms with Crippen LogP contribution < -0.4 is 11.1 Å². The van der Waals surface area contributed by atoms with Gasteiger partial charge in [-0.15, -0.1) is 0 Å². The zero-order valence-corrected chi connectivity index (χ0v) is 12.7. The predicted octanol–water partition coefficient (Wildman–Crippen LogP) is 2.75. The molecule has 1 aliphatic carbocycles. The third-order valence-corrected chi connectivity index (χ3v) is 4.48. The van der Waals surface area contributed by atoms with Gasteiger partial charge in [0.15, 0.2) is 0 Å². The lowest BCUT2D eigenvalue weighted by Gasteiger charge is -2.13. The minimum Gasteiger partial charge on any atom is -0.355 e. The second-order valence-electron chi connectivity index (χ2n) is 6.22. The number of benzene rings is 2. The van der Waals surface area contributed by atoms with Gasteiger partial charge in [0, 0.05) is 6.54 Å². The van der Waals surface area contributed by atoms with Crippen LogP contribution in [-0.2, 0) is 11.2 Å². The monoisotopic (exact) mass is 294 g/mol. The van der Waals surface area contributed by atoms with E-state index in [1.807, 2.05) is 30.3 Å². The molecule has 0 aromatic heterocycles. The van der Waals surface area contributed by atoms with Gasteiger partial charge in [-0.2, -0.15) is 0 Å². The van der Waals surface area contributed by atoms with E-state index in [1.54, 1.807) is 0 Å². The van der Waals surface area contributed by atoms with Crippen LogP contribution in [0.5, 0.6) is 0 Å². The Morgan fingerprint density at radius 3 is 2.23 bits per heavy atom. The van der Waals surface area contributed by atoms with Crippen molar-refractivity contribution in [3.63, 3.8) is 0 Å². The first-order valence-corrected chi connectivity index (χ1v) is 7.82. The van der Waals surface area contributed by atoms with Gasteiger partial charge in [0.05, 0.1) is 6.42 Å². The molecule has 3 rings (SSSR count). The minimum absolute atomic E-state index is 0.0761. The first kappa shape index (κ1) is 14.8. The number of nitrogens with two attached hydrogens (primary N) is 1. The zero-order valence-electron chi connectivity index (χ0n) is 12.7. The number of amides is 1. The lowest BCUT2D eigenvalue weighted by atomic mass is 10.0. The maximum absolute atomic E-state index is 12.0. The highest BCUT2D eigenvalue weighted by atomic mass is 16.1. The molecule has 114 valence electrons. The van der Waals surface area contributed by atoms with Crippen molar-refractivity contribution < 1.29 is 4.79 Å². The van der Waals surface area contributed by atoms with Gasteiger partial charge in [-0.25, -0.2) is 0 Å². The van der Waals surface area contributed by atoms with Gasteiger partial charge in [-0.1, -0.05) is 54.6 Å². The number of nitrogens with one attached hydrogen (secondary N) is 1. The summed E-state index contributed by atoms with van der Waals surface area (Å²) in [6.07, 6.45) is 2.70. The van der Waals surface area contributed by atoms with E-state index in [4.69, 9.17) is 5.73 Å². The van der Waals surface area contributed by atoms with Gasteiger partial charge < -0.3 is 11.1 Å². The quantitative estimate of drug-likeness (QED) is 0.860. The number of carbonyl (C=O) groups is 1. The van der Waals surface area contributed by atoms with Crippen molar-refractivity contribution in [1.82, 2.24) is 5.32 Å². The summed E-state index contributed by atoms with van der Waals surface area (Å²) in [4.78, 5) is 12.0. The van der Waals surface area contributed by atoms with Crippen LogP contribution >= 0.6 is 0 Å². The van der Waals surface area contributed by atoms with E-state index >= 15 is 0 Å². The fourth-order valence-corrected chi connectivity index (χ4v) is 2.61. The highest BCUT2D eigenvalue weighted by Crippen LogP contribution is 2.43. The molecular formula is C19H22N2O. The van der Waals surface area contributed by atoms with Gasteiger partial charge in [0.25, 0.3) is 0 Å². The van der Waals surface area contributed by atoms with Crippen LogP contribution in [0.2, 0.25) is 0 Å². The molecule has 0 saturated heterocycles. The molecule has 3 nitrogen and oxygen atoms in total. The van der Waals surface area contributed by atoms with Crippen molar-refractivity contribution in [2.45, 2.75) is 19.3 Å². The molecule has 0 heterocycles. The van der Waals surface area contributed by atoms with Crippen molar-refractivity contribution in [3.8, 4) is 11.1 Å². The largest absolute Gasteiger partial charge is 0.355 e. The summed E-state index contributed by atoms with van der Waals surface area (Å²) in [5.41, 5.74) is 9.32. The molecule has 2 aromatic carbocycles. The molecule has 2 aromatic rings. The Hall–Kier alpha value is -2.13. The van der Waals surface area contributed by atoms with Crippen LogP contribution in [0.1, 0.15) is 18.4 Å². The first-order valence-electron chi connectivity index (χ1n) is 7.82. The van der Waals surface area contributed by atoms with Gasteiger partial charge in [-0.3, -0.25) is 4.79 Å². The Morgan fingerprint density at radius 2 is 1.64 bits per heavy atom. The summed E-state index contributed by atoms with van der Waals surface area (Å²) in [5.74, 6) is 0.0761. The molecule has 0 aliphatic heterocycles. The zero-order chi connectivity index (χ0) is 15.4. The smallest absolute Gasteiger partial charge is 0.224 e. The lowest BCUT2D eigenvalue weighted by molar-refractivity contribution is -0.120. The molecule has 1 amide bonds. The number of hydrogen-bond donors (Lipinski definition) is 2. The third-order valence-electron chi connectivity index (χ3n) is 4.48. The number of carbonyl (C=O) groups excluding carboxylic acids is 1. The Balaban J connectivity index is 1.56. The van der Waals surface area contributed by atoms with Crippen LogP contribution in [0.3, 0.4) is 0 Å². The third kappa shape index (κ3) is 3.55. The van der Waals surface area contributed by atoms with E-state index in [1.165, 1.54) is 11.1 Å². The van der Waals surface area contributed by atoms with Gasteiger partial charge in [0.2, 0.25) is 5.91 Å².